The summed E-state index contributed by atoms with van der Waals surface area (Å²) in [5.74, 6) is -0.885. The summed E-state index contributed by atoms with van der Waals surface area (Å²) in [6.45, 7) is 4.82. The van der Waals surface area contributed by atoms with Gasteiger partial charge >= 0.3 is 0 Å². The van der Waals surface area contributed by atoms with Gasteiger partial charge in [0.1, 0.15) is 5.57 Å². The maximum atomic E-state index is 12.1. The molecular weight excluding hydrogens is 414 g/mol. The lowest BCUT2D eigenvalue weighted by Gasteiger charge is -2.10. The summed E-state index contributed by atoms with van der Waals surface area (Å²) in [4.78, 5) is 12.1. The van der Waals surface area contributed by atoms with Crippen LogP contribution in [0.5, 0.6) is 0 Å². The molecular formula is C24H45NO3S2. The first-order valence-electron chi connectivity index (χ1n) is 12.1. The molecule has 0 unspecified atom stereocenters. The van der Waals surface area contributed by atoms with Crippen LogP contribution in [0, 0.1) is 0 Å². The lowest BCUT2D eigenvalue weighted by Crippen LogP contribution is -2.29. The van der Waals surface area contributed by atoms with Crippen molar-refractivity contribution in [1.29, 1.82) is 0 Å². The molecule has 0 aromatic rings. The van der Waals surface area contributed by atoms with Crippen molar-refractivity contribution < 1.29 is 14.6 Å². The Kier molecular flexibility index (Phi) is 20.9. The number of hydrogen-bond donors (Lipinski definition) is 3. The molecule has 0 heterocycles. The average molecular weight is 460 g/mol. The lowest BCUT2D eigenvalue weighted by molar-refractivity contribution is -0.117. The van der Waals surface area contributed by atoms with Crippen molar-refractivity contribution in [2.24, 2.45) is 0 Å². The van der Waals surface area contributed by atoms with Crippen molar-refractivity contribution >= 4 is 35.0 Å². The molecule has 4 nitrogen and oxygen atoms in total. The number of ether oxygens (including phenoxy) is 1. The summed E-state index contributed by atoms with van der Waals surface area (Å²) in [5, 5.41) is 12.5. The normalized spacial score (nSPS) is 11.8. The number of thiol groups is 1. The second-order valence-corrected chi connectivity index (χ2v) is 9.14. The Morgan fingerprint density at radius 1 is 0.800 bits per heavy atom. The van der Waals surface area contributed by atoms with Gasteiger partial charge in [-0.2, -0.15) is 0 Å². The van der Waals surface area contributed by atoms with E-state index in [1.165, 1.54) is 89.9 Å². The SMILES string of the molecule is CCCCCCCCCCCCCCCCCCNC(=O)/C(C(=S)S)=C(\O)OCC. The van der Waals surface area contributed by atoms with Crippen LogP contribution in [0.1, 0.15) is 117 Å². The van der Waals surface area contributed by atoms with Gasteiger partial charge in [-0.05, 0) is 13.3 Å². The van der Waals surface area contributed by atoms with Gasteiger partial charge in [-0.15, -0.1) is 12.6 Å². The number of hydrogen-bond acceptors (Lipinski definition) is 4. The minimum atomic E-state index is -0.457. The van der Waals surface area contributed by atoms with Crippen LogP contribution in [0.15, 0.2) is 11.5 Å². The average Bonchev–Trinajstić information content (AvgIpc) is 2.70. The molecule has 0 aliphatic rings. The van der Waals surface area contributed by atoms with E-state index >= 15 is 0 Å². The minimum absolute atomic E-state index is 0.0328. The minimum Gasteiger partial charge on any atom is -0.480 e. The lowest BCUT2D eigenvalue weighted by atomic mass is 10.0. The summed E-state index contributed by atoms with van der Waals surface area (Å²) < 4.78 is 4.99. The third-order valence-corrected chi connectivity index (χ3v) is 5.68. The molecule has 0 aromatic heterocycles. The number of carbonyl (C=O) groups is 1. The first-order chi connectivity index (χ1) is 14.5. The molecule has 0 aliphatic heterocycles. The van der Waals surface area contributed by atoms with Gasteiger partial charge in [0.25, 0.3) is 11.9 Å². The van der Waals surface area contributed by atoms with E-state index in [0.717, 1.165) is 12.8 Å². The van der Waals surface area contributed by atoms with E-state index in [0.29, 0.717) is 6.54 Å². The first kappa shape index (κ1) is 29.2. The molecule has 0 fully saturated rings. The predicted molar refractivity (Wildman–Crippen MR) is 135 cm³/mol. The van der Waals surface area contributed by atoms with Crippen LogP contribution in [-0.4, -0.2) is 28.4 Å². The quantitative estimate of drug-likeness (QED) is 0.0549. The highest BCUT2D eigenvalue weighted by atomic mass is 32.1. The van der Waals surface area contributed by atoms with Crippen molar-refractivity contribution in [3.8, 4) is 0 Å². The largest absolute Gasteiger partial charge is 0.480 e. The zero-order valence-electron chi connectivity index (χ0n) is 19.3. The van der Waals surface area contributed by atoms with Gasteiger partial charge in [0, 0.05) is 6.54 Å². The van der Waals surface area contributed by atoms with Crippen LogP contribution < -0.4 is 5.32 Å². The fourth-order valence-corrected chi connectivity index (χ4v) is 3.84. The van der Waals surface area contributed by atoms with Crippen LogP contribution in [0.2, 0.25) is 0 Å². The first-order valence-corrected chi connectivity index (χ1v) is 13.0. The molecule has 0 bridgehead atoms. The number of thiocarbonyl (C=S) groups is 1. The van der Waals surface area contributed by atoms with Gasteiger partial charge in [-0.3, -0.25) is 4.79 Å². The van der Waals surface area contributed by atoms with Crippen LogP contribution >= 0.6 is 24.8 Å². The van der Waals surface area contributed by atoms with Crippen molar-refractivity contribution in [2.45, 2.75) is 117 Å². The van der Waals surface area contributed by atoms with Crippen LogP contribution in [-0.2, 0) is 9.53 Å². The Balaban J connectivity index is 3.51. The van der Waals surface area contributed by atoms with E-state index in [-0.39, 0.29) is 16.4 Å². The highest BCUT2D eigenvalue weighted by molar-refractivity contribution is 8.12. The third kappa shape index (κ3) is 17.0. The molecule has 0 spiro atoms. The Labute approximate surface area is 196 Å². The number of rotatable bonds is 21. The molecule has 0 saturated heterocycles. The molecule has 0 saturated carbocycles. The molecule has 2 N–H and O–H groups in total. The van der Waals surface area contributed by atoms with Gasteiger partial charge in [0.15, 0.2) is 0 Å². The van der Waals surface area contributed by atoms with Crippen LogP contribution in [0.4, 0.5) is 0 Å². The van der Waals surface area contributed by atoms with Crippen molar-refractivity contribution in [2.75, 3.05) is 13.2 Å². The number of unbranched alkanes of at least 4 members (excludes halogenated alkanes) is 15. The number of amides is 1. The zero-order chi connectivity index (χ0) is 22.5. The molecule has 6 heteroatoms. The summed E-state index contributed by atoms with van der Waals surface area (Å²) in [5.41, 5.74) is -0.0633. The second-order valence-electron chi connectivity index (χ2n) is 7.98. The maximum absolute atomic E-state index is 12.1. The van der Waals surface area contributed by atoms with Gasteiger partial charge in [0.2, 0.25) is 0 Å². The highest BCUT2D eigenvalue weighted by Gasteiger charge is 2.19. The van der Waals surface area contributed by atoms with Gasteiger partial charge < -0.3 is 15.2 Å². The number of aliphatic hydroxyl groups is 1. The molecule has 176 valence electrons. The third-order valence-electron chi connectivity index (χ3n) is 5.25. The van der Waals surface area contributed by atoms with Gasteiger partial charge in [0.05, 0.1) is 10.8 Å². The standard InChI is InChI=1S/C24H45NO3S2/c1-3-5-6-7-8-9-10-11-12-13-14-15-16-17-18-19-20-25-22(26)21(24(29)30)23(27)28-4-2/h27H,3-20H2,1-2H3,(H,25,26)(H,29,30)/b23-21-. The summed E-state index contributed by atoms with van der Waals surface area (Å²) in [6, 6.07) is 0. The highest BCUT2D eigenvalue weighted by Crippen LogP contribution is 2.14. The Hall–Kier alpha value is -0.750. The topological polar surface area (TPSA) is 58.6 Å². The summed E-state index contributed by atoms with van der Waals surface area (Å²) in [7, 11) is 0. The molecule has 0 atom stereocenters. The molecule has 0 aliphatic carbocycles. The molecule has 30 heavy (non-hydrogen) atoms. The van der Waals surface area contributed by atoms with Gasteiger partial charge in [-0.1, -0.05) is 115 Å². The number of aliphatic hydroxyl groups excluding tert-OH is 1. The Morgan fingerprint density at radius 3 is 1.57 bits per heavy atom. The van der Waals surface area contributed by atoms with Crippen molar-refractivity contribution in [3.05, 3.63) is 11.5 Å². The number of carbonyl (C=O) groups excluding carboxylic acids is 1. The van der Waals surface area contributed by atoms with Gasteiger partial charge in [-0.25, -0.2) is 0 Å². The molecule has 0 aromatic carbocycles. The Morgan fingerprint density at radius 2 is 1.20 bits per heavy atom. The number of nitrogens with one attached hydrogen (secondary N) is 1. The second kappa shape index (κ2) is 21.5. The fourth-order valence-electron chi connectivity index (χ4n) is 3.46. The smallest absolute Gasteiger partial charge is 0.291 e. The molecule has 0 rings (SSSR count). The predicted octanol–water partition coefficient (Wildman–Crippen LogP) is 7.43. The van der Waals surface area contributed by atoms with E-state index in [4.69, 9.17) is 17.0 Å². The van der Waals surface area contributed by atoms with Crippen molar-refractivity contribution in [3.63, 3.8) is 0 Å². The Bertz CT molecular complexity index is 481. The van der Waals surface area contributed by atoms with Crippen LogP contribution in [0.25, 0.3) is 0 Å². The van der Waals surface area contributed by atoms with E-state index in [1.54, 1.807) is 6.92 Å². The van der Waals surface area contributed by atoms with E-state index < -0.39 is 11.9 Å². The summed E-state index contributed by atoms with van der Waals surface area (Å²) in [6.07, 6.45) is 21.1. The fraction of sp³-hybridized carbons (Fsp3) is 0.833. The van der Waals surface area contributed by atoms with E-state index in [2.05, 4.69) is 24.9 Å². The monoisotopic (exact) mass is 459 g/mol. The van der Waals surface area contributed by atoms with Crippen LogP contribution in [0.3, 0.4) is 0 Å². The molecule has 1 amide bonds. The summed E-state index contributed by atoms with van der Waals surface area (Å²) >= 11 is 8.90. The molecule has 0 radical (unpaired) electrons. The zero-order valence-corrected chi connectivity index (χ0v) is 21.1. The van der Waals surface area contributed by atoms with Crippen molar-refractivity contribution in [1.82, 2.24) is 5.32 Å². The van der Waals surface area contributed by atoms with E-state index in [9.17, 15) is 9.90 Å². The van der Waals surface area contributed by atoms with E-state index in [1.807, 2.05) is 0 Å². The maximum Gasteiger partial charge on any atom is 0.291 e.